The first kappa shape index (κ1) is 22.2. The highest BCUT2D eigenvalue weighted by atomic mass is 19.3. The third-order valence-corrected chi connectivity index (χ3v) is 6.21. The fourth-order valence-electron chi connectivity index (χ4n) is 4.60. The summed E-state index contributed by atoms with van der Waals surface area (Å²) in [7, 11) is 0. The Kier molecular flexibility index (Phi) is 5.63. The van der Waals surface area contributed by atoms with Crippen LogP contribution < -0.4 is 15.4 Å². The number of benzene rings is 2. The smallest absolute Gasteiger partial charge is 0.266 e. The normalized spacial score (nSPS) is 16.2. The third kappa shape index (κ3) is 3.85. The molecule has 0 aliphatic carbocycles. The highest BCUT2D eigenvalue weighted by Gasteiger charge is 2.27. The number of amides is 1. The maximum Gasteiger partial charge on any atom is 0.266 e. The molecule has 176 valence electrons. The number of rotatable bonds is 5. The molecule has 0 saturated carbocycles. The molecule has 2 aliphatic heterocycles. The molecular weight excluding hydrogens is 445 g/mol. The molecule has 0 bridgehead atoms. The summed E-state index contributed by atoms with van der Waals surface area (Å²) in [6, 6.07) is 5.25. The molecule has 3 heterocycles. The van der Waals surface area contributed by atoms with E-state index in [1.54, 1.807) is 19.9 Å². The molecule has 1 amide bonds. The molecule has 1 aromatic heterocycles. The quantitative estimate of drug-likeness (QED) is 0.550. The summed E-state index contributed by atoms with van der Waals surface area (Å²) in [5, 5.41) is 6.69. The van der Waals surface area contributed by atoms with Gasteiger partial charge in [-0.15, -0.1) is 0 Å². The molecular formula is C25H23F3N4O2. The van der Waals surface area contributed by atoms with Crippen molar-refractivity contribution in [2.45, 2.75) is 39.2 Å². The van der Waals surface area contributed by atoms with E-state index in [1.807, 2.05) is 6.07 Å². The Morgan fingerprint density at radius 1 is 1.18 bits per heavy atom. The molecule has 1 atom stereocenters. The average Bonchev–Trinajstić information content (AvgIpc) is 3.29. The van der Waals surface area contributed by atoms with Gasteiger partial charge in [0.1, 0.15) is 23.2 Å². The predicted molar refractivity (Wildman–Crippen MR) is 122 cm³/mol. The van der Waals surface area contributed by atoms with Gasteiger partial charge in [0.2, 0.25) is 5.91 Å². The van der Waals surface area contributed by atoms with E-state index in [0.717, 1.165) is 34.0 Å². The van der Waals surface area contributed by atoms with Crippen LogP contribution in [-0.2, 0) is 11.2 Å². The van der Waals surface area contributed by atoms with Gasteiger partial charge in [-0.05, 0) is 31.9 Å². The molecule has 0 radical (unpaired) electrons. The van der Waals surface area contributed by atoms with E-state index in [2.05, 4.69) is 20.6 Å². The summed E-state index contributed by atoms with van der Waals surface area (Å²) < 4.78 is 47.1. The zero-order chi connectivity index (χ0) is 24.0. The molecule has 3 aromatic rings. The van der Waals surface area contributed by atoms with Gasteiger partial charge in [-0.1, -0.05) is 18.2 Å². The number of hydrogen-bond donors (Lipinski definition) is 2. The van der Waals surface area contributed by atoms with Crippen molar-refractivity contribution in [3.8, 4) is 5.75 Å². The van der Waals surface area contributed by atoms with Gasteiger partial charge in [0.25, 0.3) is 6.43 Å². The molecule has 6 nitrogen and oxygen atoms in total. The molecule has 0 saturated heterocycles. The van der Waals surface area contributed by atoms with Crippen LogP contribution in [0, 0.1) is 12.7 Å². The molecule has 2 N–H and O–H groups in total. The van der Waals surface area contributed by atoms with Gasteiger partial charge in [0.05, 0.1) is 23.7 Å². The molecule has 0 spiro atoms. The van der Waals surface area contributed by atoms with E-state index >= 15 is 0 Å². The maximum absolute atomic E-state index is 14.8. The molecule has 0 fully saturated rings. The summed E-state index contributed by atoms with van der Waals surface area (Å²) in [4.78, 5) is 21.2. The van der Waals surface area contributed by atoms with E-state index < -0.39 is 23.8 Å². The van der Waals surface area contributed by atoms with Gasteiger partial charge in [0.15, 0.2) is 0 Å². The van der Waals surface area contributed by atoms with Crippen molar-refractivity contribution >= 4 is 28.2 Å². The molecule has 2 aliphatic rings. The average molecular weight is 468 g/mol. The van der Waals surface area contributed by atoms with Crippen LogP contribution in [-0.4, -0.2) is 29.0 Å². The summed E-state index contributed by atoms with van der Waals surface area (Å²) in [5.74, 6) is 0.618. The van der Waals surface area contributed by atoms with Gasteiger partial charge in [-0.3, -0.25) is 4.79 Å². The second kappa shape index (κ2) is 8.62. The van der Waals surface area contributed by atoms with Crippen LogP contribution >= 0.6 is 0 Å². The lowest BCUT2D eigenvalue weighted by Gasteiger charge is -2.21. The standard InChI is InChI=1S/C25H23F3N4O2/c1-12(15-4-3-5-16(21(15)26)24(27)28)30-25-19-11-18(14-6-8-29-20(33)10-14)23-17(7-9-34-23)22(19)31-13(2)32-25/h3-5,10-12,24H,6-9H2,1-2H3,(H,29,33)(H,30,31,32)/t12-/m1/s1. The van der Waals surface area contributed by atoms with Gasteiger partial charge in [-0.25, -0.2) is 23.1 Å². The Labute approximate surface area is 194 Å². The van der Waals surface area contributed by atoms with E-state index in [0.29, 0.717) is 43.0 Å². The summed E-state index contributed by atoms with van der Waals surface area (Å²) in [6.07, 6.45) is -0.0107. The number of fused-ring (bicyclic) bond motifs is 3. The second-order valence-electron chi connectivity index (χ2n) is 8.47. The largest absolute Gasteiger partial charge is 0.492 e. The van der Waals surface area contributed by atoms with Crippen LogP contribution in [0.3, 0.4) is 0 Å². The minimum absolute atomic E-state index is 0.124. The number of nitrogens with one attached hydrogen (secondary N) is 2. The van der Waals surface area contributed by atoms with Gasteiger partial charge < -0.3 is 15.4 Å². The minimum Gasteiger partial charge on any atom is -0.492 e. The van der Waals surface area contributed by atoms with Crippen LogP contribution in [0.5, 0.6) is 5.75 Å². The Balaban J connectivity index is 1.63. The van der Waals surface area contributed by atoms with Gasteiger partial charge in [0, 0.05) is 41.1 Å². The van der Waals surface area contributed by atoms with Crippen molar-refractivity contribution in [2.24, 2.45) is 0 Å². The van der Waals surface area contributed by atoms with Crippen molar-refractivity contribution in [3.05, 3.63) is 64.2 Å². The van der Waals surface area contributed by atoms with Crippen molar-refractivity contribution in [1.82, 2.24) is 15.3 Å². The first-order chi connectivity index (χ1) is 16.3. The number of carbonyl (C=O) groups is 1. The highest BCUT2D eigenvalue weighted by molar-refractivity contribution is 6.01. The Morgan fingerprint density at radius 3 is 2.74 bits per heavy atom. The molecule has 0 unspecified atom stereocenters. The van der Waals surface area contributed by atoms with E-state index in [4.69, 9.17) is 4.74 Å². The lowest BCUT2D eigenvalue weighted by atomic mass is 9.94. The number of aryl methyl sites for hydroxylation is 1. The molecule has 34 heavy (non-hydrogen) atoms. The fourth-order valence-corrected chi connectivity index (χ4v) is 4.60. The first-order valence-electron chi connectivity index (χ1n) is 11.1. The summed E-state index contributed by atoms with van der Waals surface area (Å²) >= 11 is 0. The number of carbonyl (C=O) groups excluding carboxylic acids is 1. The predicted octanol–water partition coefficient (Wildman–Crippen LogP) is 5.03. The Morgan fingerprint density at radius 2 is 1.97 bits per heavy atom. The Bertz CT molecular complexity index is 1340. The van der Waals surface area contributed by atoms with Gasteiger partial charge >= 0.3 is 0 Å². The monoisotopic (exact) mass is 468 g/mol. The number of hydrogen-bond acceptors (Lipinski definition) is 5. The number of ether oxygens (including phenoxy) is 1. The van der Waals surface area contributed by atoms with Crippen molar-refractivity contribution in [3.63, 3.8) is 0 Å². The van der Waals surface area contributed by atoms with Crippen molar-refractivity contribution in [2.75, 3.05) is 18.5 Å². The van der Waals surface area contributed by atoms with Crippen molar-refractivity contribution < 1.29 is 22.7 Å². The lowest BCUT2D eigenvalue weighted by Crippen LogP contribution is -2.26. The topological polar surface area (TPSA) is 76.1 Å². The molecule has 2 aromatic carbocycles. The minimum atomic E-state index is -2.90. The van der Waals surface area contributed by atoms with E-state index in [1.165, 1.54) is 12.1 Å². The van der Waals surface area contributed by atoms with Crippen molar-refractivity contribution in [1.29, 1.82) is 0 Å². The SMILES string of the molecule is Cc1nc(N[C@H](C)c2cccc(C(F)F)c2F)c2cc(C3=CC(=O)NCC3)c3c(c2n1)CCO3. The lowest BCUT2D eigenvalue weighted by molar-refractivity contribution is -0.116. The van der Waals surface area contributed by atoms with Gasteiger partial charge in [-0.2, -0.15) is 0 Å². The second-order valence-corrected chi connectivity index (χ2v) is 8.47. The Hall–Kier alpha value is -3.62. The van der Waals surface area contributed by atoms with Crippen LogP contribution in [0.25, 0.3) is 16.5 Å². The van der Waals surface area contributed by atoms with Crippen LogP contribution in [0.4, 0.5) is 19.0 Å². The number of anilines is 1. The number of aromatic nitrogens is 2. The molecule has 5 rings (SSSR count). The van der Waals surface area contributed by atoms with Crippen LogP contribution in [0.2, 0.25) is 0 Å². The maximum atomic E-state index is 14.8. The molecule has 9 heteroatoms. The number of alkyl halides is 2. The number of nitrogens with zero attached hydrogens (tertiary/aromatic N) is 2. The summed E-state index contributed by atoms with van der Waals surface area (Å²) in [5.41, 5.74) is 2.82. The van der Waals surface area contributed by atoms with E-state index in [9.17, 15) is 18.0 Å². The third-order valence-electron chi connectivity index (χ3n) is 6.21. The van der Waals surface area contributed by atoms with Crippen LogP contribution in [0.15, 0.2) is 30.3 Å². The fraction of sp³-hybridized carbons (Fsp3) is 0.320. The number of halogens is 3. The van der Waals surface area contributed by atoms with E-state index in [-0.39, 0.29) is 11.5 Å². The highest BCUT2D eigenvalue weighted by Crippen LogP contribution is 2.42. The zero-order valence-corrected chi connectivity index (χ0v) is 18.7. The summed E-state index contributed by atoms with van der Waals surface area (Å²) in [6.45, 7) is 4.50. The van der Waals surface area contributed by atoms with Crippen LogP contribution in [0.1, 0.15) is 53.9 Å². The zero-order valence-electron chi connectivity index (χ0n) is 18.7. The first-order valence-corrected chi connectivity index (χ1v) is 11.1.